The van der Waals surface area contributed by atoms with Gasteiger partial charge in [-0.25, -0.2) is 8.78 Å². The highest BCUT2D eigenvalue weighted by atomic mass is 35.5. The Labute approximate surface area is 336 Å². The monoisotopic (exact) mass is 804 g/mol. The van der Waals surface area contributed by atoms with Gasteiger partial charge in [-0.3, -0.25) is 0 Å². The molecule has 0 atom stereocenters. The Morgan fingerprint density at radius 3 is 1.58 bits per heavy atom. The van der Waals surface area contributed by atoms with E-state index in [2.05, 4.69) is 69.3 Å². The molecule has 0 heterocycles. The fourth-order valence-corrected chi connectivity index (χ4v) is 6.14. The van der Waals surface area contributed by atoms with E-state index in [-0.39, 0.29) is 0 Å². The smallest absolute Gasteiger partial charge is 0.129 e. The molecule has 1 aliphatic rings. The molecule has 5 aromatic carbocycles. The van der Waals surface area contributed by atoms with E-state index < -0.39 is 11.6 Å². The van der Waals surface area contributed by atoms with Gasteiger partial charge in [-0.05, 0) is 118 Å². The van der Waals surface area contributed by atoms with Crippen molar-refractivity contribution in [2.24, 2.45) is 0 Å². The lowest BCUT2D eigenvalue weighted by Crippen LogP contribution is -2.04. The molecule has 0 radical (unpaired) electrons. The second-order valence-corrected chi connectivity index (χ2v) is 15.1. The summed E-state index contributed by atoms with van der Waals surface area (Å²) in [6.07, 6.45) is 10.9. The molecule has 280 valence electrons. The highest BCUT2D eigenvalue weighted by molar-refractivity contribution is 6.48. The van der Waals surface area contributed by atoms with Gasteiger partial charge in [0.05, 0.1) is 25.1 Å². The Kier molecular flexibility index (Phi) is 21.6. The zero-order valence-corrected chi connectivity index (χ0v) is 34.9. The van der Waals surface area contributed by atoms with Gasteiger partial charge in [0.25, 0.3) is 0 Å². The summed E-state index contributed by atoms with van der Waals surface area (Å²) in [5.41, 5.74) is 8.30. The number of rotatable bonds is 4. The number of halogens is 7. The maximum absolute atomic E-state index is 12.3. The summed E-state index contributed by atoms with van der Waals surface area (Å²) >= 11 is 28.5. The topological polar surface area (TPSA) is 0 Å². The lowest BCUT2D eigenvalue weighted by Gasteiger charge is -2.21. The average Bonchev–Trinajstić information content (AvgIpc) is 3.14. The molecule has 0 aromatic heterocycles. The Bertz CT molecular complexity index is 1690. The average molecular weight is 807 g/mol. The predicted molar refractivity (Wildman–Crippen MR) is 225 cm³/mol. The lowest BCUT2D eigenvalue weighted by atomic mass is 9.84. The van der Waals surface area contributed by atoms with Gasteiger partial charge in [0.15, 0.2) is 0 Å². The molecule has 6 rings (SSSR count). The third kappa shape index (κ3) is 17.5. The van der Waals surface area contributed by atoms with Crippen LogP contribution in [0, 0.1) is 46.3 Å². The molecule has 1 aliphatic carbocycles. The summed E-state index contributed by atoms with van der Waals surface area (Å²) in [5, 5.41) is 2.70. The molecule has 0 unspecified atom stereocenters. The van der Waals surface area contributed by atoms with Gasteiger partial charge >= 0.3 is 0 Å². The molecule has 0 bridgehead atoms. The van der Waals surface area contributed by atoms with Gasteiger partial charge in [0.2, 0.25) is 0 Å². The number of benzene rings is 5. The first-order valence-corrected chi connectivity index (χ1v) is 19.7. The van der Waals surface area contributed by atoms with Gasteiger partial charge in [-0.15, -0.1) is 0 Å². The fourth-order valence-electron chi connectivity index (χ4n) is 5.20. The van der Waals surface area contributed by atoms with Crippen LogP contribution in [-0.2, 0) is 6.42 Å². The largest absolute Gasteiger partial charge is 0.207 e. The van der Waals surface area contributed by atoms with E-state index in [1.165, 1.54) is 80.2 Å². The molecule has 0 amide bonds. The fraction of sp³-hybridized carbons (Fsp3) is 0.333. The first-order chi connectivity index (χ1) is 24.7. The van der Waals surface area contributed by atoms with E-state index in [0.717, 1.165) is 23.1 Å². The summed E-state index contributed by atoms with van der Waals surface area (Å²) < 4.78 is 24.4. The number of aryl methyl sites for hydroxylation is 6. The Morgan fingerprint density at radius 1 is 0.538 bits per heavy atom. The molecule has 7 heteroatoms. The molecule has 0 N–H and O–H groups in total. The minimum Gasteiger partial charge on any atom is -0.207 e. The predicted octanol–water partition coefficient (Wildman–Crippen LogP) is 16.9. The van der Waals surface area contributed by atoms with Crippen molar-refractivity contribution in [3.05, 3.63) is 173 Å². The minimum atomic E-state index is -0.530. The summed E-state index contributed by atoms with van der Waals surface area (Å²) in [5.74, 6) is -0.164. The molecule has 0 spiro atoms. The van der Waals surface area contributed by atoms with Crippen LogP contribution >= 0.6 is 58.0 Å². The number of hydrogen-bond acceptors (Lipinski definition) is 0. The highest BCUT2D eigenvalue weighted by Crippen LogP contribution is 2.33. The van der Waals surface area contributed by atoms with Crippen LogP contribution in [0.3, 0.4) is 0 Å². The highest BCUT2D eigenvalue weighted by Gasteiger charge is 2.14. The number of unbranched alkanes of at least 4 members (excludes halogenated alkanes) is 1. The van der Waals surface area contributed by atoms with Gasteiger partial charge in [0.1, 0.15) is 11.6 Å². The SMILES string of the molecule is CCCCc1ccc(C)cc1.Cc1ccc(C2CCCCC2)cc1.Cc1ccc(Cl)c(Cl)c1.Cc1ccc(Cl)c(Cl)c1Cl.Cc1ccc(F)cc1F. The van der Waals surface area contributed by atoms with Crippen LogP contribution in [0.2, 0.25) is 25.1 Å². The maximum Gasteiger partial charge on any atom is 0.129 e. The lowest BCUT2D eigenvalue weighted by molar-refractivity contribution is 0.443. The van der Waals surface area contributed by atoms with Crippen molar-refractivity contribution in [3.8, 4) is 0 Å². The van der Waals surface area contributed by atoms with E-state index >= 15 is 0 Å². The maximum atomic E-state index is 12.3. The van der Waals surface area contributed by atoms with Crippen LogP contribution in [0.15, 0.2) is 97.1 Å². The van der Waals surface area contributed by atoms with Crippen molar-refractivity contribution in [1.82, 2.24) is 0 Å². The Balaban J connectivity index is 0.000000227. The molecule has 0 saturated heterocycles. The first kappa shape index (κ1) is 45.6. The van der Waals surface area contributed by atoms with Gasteiger partial charge in [-0.1, -0.05) is 168 Å². The Morgan fingerprint density at radius 2 is 1.08 bits per heavy atom. The third-order valence-corrected chi connectivity index (χ3v) is 10.7. The second-order valence-electron chi connectivity index (χ2n) is 13.1. The molecule has 52 heavy (non-hydrogen) atoms. The zero-order chi connectivity index (χ0) is 38.6. The van der Waals surface area contributed by atoms with Gasteiger partial charge in [-0.2, -0.15) is 0 Å². The van der Waals surface area contributed by atoms with Gasteiger partial charge < -0.3 is 0 Å². The van der Waals surface area contributed by atoms with Crippen LogP contribution in [0.4, 0.5) is 8.78 Å². The van der Waals surface area contributed by atoms with E-state index in [1.807, 2.05) is 32.0 Å². The standard InChI is InChI=1S/C13H18.C11H16.C7H5Cl3.C7H6Cl2.C7H6F2/c1-11-7-9-13(10-8-11)12-5-3-2-4-6-12;1-3-4-5-11-8-6-10(2)7-9-11;1-4-2-3-5(8)7(10)6(4)9;1-5-2-3-6(8)7(9)4-5;1-5-2-3-6(8)4-7(5)9/h7-10,12H,2-6H2,1H3;6-9H,3-5H2,1-2H3;2-3H,1H3;2*2-4H,1H3. The van der Waals surface area contributed by atoms with E-state index in [9.17, 15) is 8.78 Å². The molecule has 0 aliphatic heterocycles. The first-order valence-electron chi connectivity index (χ1n) is 17.8. The van der Waals surface area contributed by atoms with Crippen LogP contribution in [0.5, 0.6) is 0 Å². The molecule has 0 nitrogen and oxygen atoms in total. The van der Waals surface area contributed by atoms with Crippen molar-refractivity contribution in [2.75, 3.05) is 0 Å². The van der Waals surface area contributed by atoms with Crippen molar-refractivity contribution < 1.29 is 8.78 Å². The van der Waals surface area contributed by atoms with E-state index in [1.54, 1.807) is 24.6 Å². The third-order valence-electron chi connectivity index (χ3n) is 8.53. The van der Waals surface area contributed by atoms with Crippen LogP contribution < -0.4 is 0 Å². The number of hydrogen-bond donors (Lipinski definition) is 0. The zero-order valence-electron chi connectivity index (χ0n) is 31.1. The quantitative estimate of drug-likeness (QED) is 0.159. The summed E-state index contributed by atoms with van der Waals surface area (Å²) in [4.78, 5) is 0. The Hall–Kier alpha value is -2.59. The van der Waals surface area contributed by atoms with Gasteiger partial charge in [0, 0.05) is 6.07 Å². The van der Waals surface area contributed by atoms with Crippen molar-refractivity contribution in [2.45, 2.75) is 98.8 Å². The van der Waals surface area contributed by atoms with E-state index in [4.69, 9.17) is 58.0 Å². The molecule has 5 aromatic rings. The molecular weight excluding hydrogens is 756 g/mol. The van der Waals surface area contributed by atoms with Crippen molar-refractivity contribution in [1.29, 1.82) is 0 Å². The summed E-state index contributed by atoms with van der Waals surface area (Å²) in [6.45, 7) is 12.0. The van der Waals surface area contributed by atoms with Crippen LogP contribution in [-0.4, -0.2) is 0 Å². The summed E-state index contributed by atoms with van der Waals surface area (Å²) in [6, 6.07) is 30.5. The molecule has 1 saturated carbocycles. The summed E-state index contributed by atoms with van der Waals surface area (Å²) in [7, 11) is 0. The van der Waals surface area contributed by atoms with Crippen LogP contribution in [0.25, 0.3) is 0 Å². The van der Waals surface area contributed by atoms with Crippen LogP contribution in [0.1, 0.15) is 96.7 Å². The minimum absolute atomic E-state index is 0.434. The van der Waals surface area contributed by atoms with Crippen molar-refractivity contribution in [3.63, 3.8) is 0 Å². The van der Waals surface area contributed by atoms with Crippen molar-refractivity contribution >= 4 is 58.0 Å². The van der Waals surface area contributed by atoms with E-state index in [0.29, 0.717) is 30.7 Å². The second kappa shape index (κ2) is 24.7. The molecule has 1 fully saturated rings. The normalized spacial score (nSPS) is 12.1. The molecular formula is C45H51Cl5F2.